The van der Waals surface area contributed by atoms with Crippen LogP contribution in [0.5, 0.6) is 0 Å². The van der Waals surface area contributed by atoms with E-state index in [2.05, 4.69) is 7.05 Å². The Kier molecular flexibility index (Phi) is 1.31. The maximum atomic E-state index is 11.1. The molecular formula is C8H14NO+. The summed E-state index contributed by atoms with van der Waals surface area (Å²) in [5, 5.41) is 0. The van der Waals surface area contributed by atoms with Crippen LogP contribution >= 0.6 is 0 Å². The molecule has 0 aromatic carbocycles. The molecule has 2 aliphatic heterocycles. The number of nitrogens with one attached hydrogen (secondary N) is 1. The molecule has 0 saturated carbocycles. The van der Waals surface area contributed by atoms with Crippen molar-refractivity contribution in [3.63, 3.8) is 0 Å². The third kappa shape index (κ3) is 0.788. The summed E-state index contributed by atoms with van der Waals surface area (Å²) in [7, 11) is 2.23. The largest absolute Gasteiger partial charge is 0.332 e. The number of rotatable bonds is 0. The van der Waals surface area contributed by atoms with Gasteiger partial charge < -0.3 is 4.90 Å². The molecule has 0 aliphatic carbocycles. The van der Waals surface area contributed by atoms with Crippen LogP contribution in [-0.4, -0.2) is 24.9 Å². The Bertz CT molecular complexity index is 151. The molecule has 3 atom stereocenters. The zero-order valence-corrected chi connectivity index (χ0v) is 6.39. The first kappa shape index (κ1) is 6.35. The smallest absolute Gasteiger partial charge is 0.144 e. The summed E-state index contributed by atoms with van der Waals surface area (Å²) in [6, 6.07) is 1.34. The molecule has 2 bridgehead atoms. The molecule has 0 amide bonds. The lowest BCUT2D eigenvalue weighted by Crippen LogP contribution is -3.15. The van der Waals surface area contributed by atoms with Gasteiger partial charge in [-0.15, -0.1) is 0 Å². The molecule has 2 aliphatic rings. The van der Waals surface area contributed by atoms with Gasteiger partial charge in [0.1, 0.15) is 5.78 Å². The molecule has 2 heterocycles. The number of fused-ring (bicyclic) bond motifs is 2. The molecule has 1 N–H and O–H groups in total. The zero-order valence-electron chi connectivity index (χ0n) is 6.39. The van der Waals surface area contributed by atoms with Crippen molar-refractivity contribution in [3.05, 3.63) is 0 Å². The number of hydrogen-bond acceptors (Lipinski definition) is 1. The van der Waals surface area contributed by atoms with Crippen molar-refractivity contribution in [2.75, 3.05) is 7.05 Å². The normalized spacial score (nSPS) is 46.1. The molecule has 2 fully saturated rings. The number of ketones is 1. The maximum absolute atomic E-state index is 11.1. The van der Waals surface area contributed by atoms with E-state index in [4.69, 9.17) is 0 Å². The van der Waals surface area contributed by atoms with Gasteiger partial charge in [0, 0.05) is 12.8 Å². The first-order valence-electron chi connectivity index (χ1n) is 4.12. The average molecular weight is 140 g/mol. The lowest BCUT2D eigenvalue weighted by atomic mass is 10.0. The van der Waals surface area contributed by atoms with E-state index in [0.717, 1.165) is 12.8 Å². The van der Waals surface area contributed by atoms with Crippen LogP contribution in [-0.2, 0) is 4.79 Å². The Morgan fingerprint density at radius 1 is 1.30 bits per heavy atom. The minimum atomic E-state index is 0.498. The molecule has 2 saturated heterocycles. The topological polar surface area (TPSA) is 21.5 Å². The Labute approximate surface area is 61.2 Å². The summed E-state index contributed by atoms with van der Waals surface area (Å²) in [6.45, 7) is 0. The van der Waals surface area contributed by atoms with Crippen LogP contribution in [0.2, 0.25) is 0 Å². The molecule has 1 unspecified atom stereocenters. The molecule has 56 valence electrons. The highest BCUT2D eigenvalue weighted by Gasteiger charge is 2.41. The maximum Gasteiger partial charge on any atom is 0.144 e. The van der Waals surface area contributed by atoms with E-state index in [0.29, 0.717) is 17.9 Å². The monoisotopic (exact) mass is 140 g/mol. The van der Waals surface area contributed by atoms with Crippen LogP contribution in [0.3, 0.4) is 0 Å². The van der Waals surface area contributed by atoms with E-state index in [-0.39, 0.29) is 0 Å². The number of quaternary nitrogens is 1. The highest BCUT2D eigenvalue weighted by atomic mass is 16.1. The SMILES string of the molecule is C[NH+]1[C@@H]2CC[C@H]1CC(=O)C2. The van der Waals surface area contributed by atoms with Crippen molar-refractivity contribution in [2.45, 2.75) is 37.8 Å². The second-order valence-electron chi connectivity index (χ2n) is 3.66. The summed E-state index contributed by atoms with van der Waals surface area (Å²) in [5.74, 6) is 0.498. The predicted molar refractivity (Wildman–Crippen MR) is 37.9 cm³/mol. The summed E-state index contributed by atoms with van der Waals surface area (Å²) in [6.07, 6.45) is 4.26. The van der Waals surface area contributed by atoms with Gasteiger partial charge in [-0.25, -0.2) is 0 Å². The second-order valence-corrected chi connectivity index (χ2v) is 3.66. The van der Waals surface area contributed by atoms with Crippen LogP contribution in [0.4, 0.5) is 0 Å². The number of piperidine rings is 1. The lowest BCUT2D eigenvalue weighted by Gasteiger charge is -2.26. The van der Waals surface area contributed by atoms with Gasteiger partial charge >= 0.3 is 0 Å². The van der Waals surface area contributed by atoms with E-state index >= 15 is 0 Å². The first-order chi connectivity index (χ1) is 4.77. The number of hydrogen-bond donors (Lipinski definition) is 1. The van der Waals surface area contributed by atoms with Gasteiger partial charge in [-0.3, -0.25) is 4.79 Å². The molecular weight excluding hydrogens is 126 g/mol. The van der Waals surface area contributed by atoms with E-state index in [1.165, 1.54) is 12.8 Å². The van der Waals surface area contributed by atoms with Gasteiger partial charge in [0.05, 0.1) is 32.0 Å². The third-order valence-corrected chi connectivity index (χ3v) is 3.10. The molecule has 2 nitrogen and oxygen atoms in total. The summed E-state index contributed by atoms with van der Waals surface area (Å²) >= 11 is 0. The van der Waals surface area contributed by atoms with Crippen molar-refractivity contribution in [1.29, 1.82) is 0 Å². The molecule has 10 heavy (non-hydrogen) atoms. The van der Waals surface area contributed by atoms with Crippen molar-refractivity contribution >= 4 is 5.78 Å². The molecule has 0 radical (unpaired) electrons. The van der Waals surface area contributed by atoms with Gasteiger partial charge in [0.2, 0.25) is 0 Å². The minimum absolute atomic E-state index is 0.498. The fourth-order valence-electron chi connectivity index (χ4n) is 2.35. The highest BCUT2D eigenvalue weighted by molar-refractivity contribution is 5.80. The second kappa shape index (κ2) is 2.06. The molecule has 2 rings (SSSR count). The molecule has 0 spiro atoms. The zero-order chi connectivity index (χ0) is 7.14. The summed E-state index contributed by atoms with van der Waals surface area (Å²) < 4.78 is 0. The Balaban J connectivity index is 2.16. The fourth-order valence-corrected chi connectivity index (χ4v) is 2.35. The Hall–Kier alpha value is -0.370. The van der Waals surface area contributed by atoms with Crippen molar-refractivity contribution in [2.24, 2.45) is 0 Å². The lowest BCUT2D eigenvalue weighted by molar-refractivity contribution is -0.918. The standard InChI is InChI=1S/C8H13NO/c1-9-6-2-3-7(9)5-8(10)4-6/h6-7H,2-5H2,1H3/p+1/t6-,7+. The molecule has 0 aromatic heterocycles. The van der Waals surface area contributed by atoms with Crippen LogP contribution < -0.4 is 4.90 Å². The van der Waals surface area contributed by atoms with Crippen LogP contribution in [0.25, 0.3) is 0 Å². The van der Waals surface area contributed by atoms with E-state index in [9.17, 15) is 4.79 Å². The van der Waals surface area contributed by atoms with Crippen LogP contribution in [0.1, 0.15) is 25.7 Å². The predicted octanol–water partition coefficient (Wildman–Crippen LogP) is -0.605. The Morgan fingerprint density at radius 2 is 1.80 bits per heavy atom. The number of carbonyl (C=O) groups excluding carboxylic acids is 1. The van der Waals surface area contributed by atoms with Gasteiger partial charge in [-0.05, 0) is 0 Å². The molecule has 0 aromatic rings. The van der Waals surface area contributed by atoms with Crippen LogP contribution in [0.15, 0.2) is 0 Å². The Morgan fingerprint density at radius 3 is 2.30 bits per heavy atom. The van der Waals surface area contributed by atoms with Crippen molar-refractivity contribution < 1.29 is 9.69 Å². The number of Topliss-reactive ketones (excluding diaryl/α,β-unsaturated/α-hetero) is 1. The highest BCUT2D eigenvalue weighted by Crippen LogP contribution is 2.18. The number of carbonyl (C=O) groups is 1. The van der Waals surface area contributed by atoms with E-state index in [1.807, 2.05) is 0 Å². The average Bonchev–Trinajstić information content (AvgIpc) is 2.20. The first-order valence-corrected chi connectivity index (χ1v) is 4.12. The third-order valence-electron chi connectivity index (χ3n) is 3.10. The van der Waals surface area contributed by atoms with Crippen LogP contribution in [0, 0.1) is 0 Å². The van der Waals surface area contributed by atoms with E-state index in [1.54, 1.807) is 4.90 Å². The van der Waals surface area contributed by atoms with Gasteiger partial charge in [0.25, 0.3) is 0 Å². The van der Waals surface area contributed by atoms with E-state index < -0.39 is 0 Å². The van der Waals surface area contributed by atoms with Crippen molar-refractivity contribution in [3.8, 4) is 0 Å². The van der Waals surface area contributed by atoms with Gasteiger partial charge in [-0.1, -0.05) is 0 Å². The van der Waals surface area contributed by atoms with Crippen molar-refractivity contribution in [1.82, 2.24) is 0 Å². The fraction of sp³-hybridized carbons (Fsp3) is 0.875. The van der Waals surface area contributed by atoms with Gasteiger partial charge in [-0.2, -0.15) is 0 Å². The molecule has 2 heteroatoms. The summed E-state index contributed by atoms with van der Waals surface area (Å²) in [5.41, 5.74) is 0. The minimum Gasteiger partial charge on any atom is -0.332 e. The van der Waals surface area contributed by atoms with Gasteiger partial charge in [0.15, 0.2) is 0 Å². The quantitative estimate of drug-likeness (QED) is 0.476. The summed E-state index contributed by atoms with van der Waals surface area (Å²) in [4.78, 5) is 12.7.